The van der Waals surface area contributed by atoms with Gasteiger partial charge in [-0.2, -0.15) is 0 Å². The highest BCUT2D eigenvalue weighted by Gasteiger charge is 2.42. The molecule has 248 valence electrons. The van der Waals surface area contributed by atoms with Gasteiger partial charge in [-0.3, -0.25) is 9.69 Å². The Morgan fingerprint density at radius 2 is 1.64 bits per heavy atom. The zero-order valence-electron chi connectivity index (χ0n) is 26.9. The van der Waals surface area contributed by atoms with Crippen molar-refractivity contribution >= 4 is 38.6 Å². The van der Waals surface area contributed by atoms with Gasteiger partial charge in [0.05, 0.1) is 16.1 Å². The van der Waals surface area contributed by atoms with E-state index in [1.807, 2.05) is 0 Å². The summed E-state index contributed by atoms with van der Waals surface area (Å²) in [6, 6.07) is 25.4. The monoisotopic (exact) mass is 673 g/mol. The molecule has 3 heterocycles. The Kier molecular flexibility index (Phi) is 8.93. The fourth-order valence-electron chi connectivity index (χ4n) is 8.97. The van der Waals surface area contributed by atoms with Crippen molar-refractivity contribution in [2.75, 3.05) is 6.54 Å². The van der Waals surface area contributed by atoms with E-state index >= 15 is 0 Å². The van der Waals surface area contributed by atoms with E-state index in [-0.39, 0.29) is 32.8 Å². The van der Waals surface area contributed by atoms with Crippen molar-refractivity contribution in [2.24, 2.45) is 5.14 Å². The summed E-state index contributed by atoms with van der Waals surface area (Å²) in [5.41, 5.74) is 4.08. The second-order valence-corrected chi connectivity index (χ2v) is 15.9. The molecule has 1 aromatic heterocycles. The van der Waals surface area contributed by atoms with E-state index in [2.05, 4.69) is 76.3 Å². The largest absolute Gasteiger partial charge is 0.349 e. The molecule has 2 unspecified atom stereocenters. The highest BCUT2D eigenvalue weighted by Crippen LogP contribution is 2.45. The van der Waals surface area contributed by atoms with Gasteiger partial charge < -0.3 is 9.88 Å². The van der Waals surface area contributed by atoms with Crippen LogP contribution < -0.4 is 10.5 Å². The van der Waals surface area contributed by atoms with Crippen LogP contribution in [-0.4, -0.2) is 53.4 Å². The highest BCUT2D eigenvalue weighted by molar-refractivity contribution is 7.89. The van der Waals surface area contributed by atoms with Gasteiger partial charge in [0, 0.05) is 29.7 Å². The molecule has 3 fully saturated rings. The highest BCUT2D eigenvalue weighted by atomic mass is 35.5. The molecule has 4 aromatic rings. The first-order valence-electron chi connectivity index (χ1n) is 17.0. The number of rotatable bonds is 9. The molecular weight excluding hydrogens is 630 g/mol. The van der Waals surface area contributed by atoms with Crippen molar-refractivity contribution in [2.45, 2.75) is 106 Å². The number of carbonyl (C=O) groups excluding carboxylic acids is 1. The number of hydrogen-bond acceptors (Lipinski definition) is 5. The second kappa shape index (κ2) is 13.0. The number of nitrogens with two attached hydrogens (primary N) is 1. The SMILES string of the molecule is Cc1nc2ccccc2n1C1CC2CCC(C1)N2CCCC1(c2ccccc2)CCC(NC(=O)c2ccc(Cl)c(S(N)(=O)=O)c2)CC1. The number of aryl methyl sites for hydroxylation is 1. The van der Waals surface area contributed by atoms with Gasteiger partial charge in [0.2, 0.25) is 10.0 Å². The summed E-state index contributed by atoms with van der Waals surface area (Å²) in [6.07, 6.45) is 10.9. The number of para-hydroxylation sites is 2. The van der Waals surface area contributed by atoms with E-state index in [9.17, 15) is 13.2 Å². The molecule has 3 aromatic carbocycles. The molecule has 3 N–H and O–H groups in total. The van der Waals surface area contributed by atoms with E-state index in [0.717, 1.165) is 56.4 Å². The fourth-order valence-corrected chi connectivity index (χ4v) is 10.0. The summed E-state index contributed by atoms with van der Waals surface area (Å²) in [5, 5.41) is 8.46. The zero-order chi connectivity index (χ0) is 32.8. The van der Waals surface area contributed by atoms with Crippen LogP contribution in [-0.2, 0) is 15.4 Å². The minimum Gasteiger partial charge on any atom is -0.349 e. The summed E-state index contributed by atoms with van der Waals surface area (Å²) in [5.74, 6) is 0.823. The van der Waals surface area contributed by atoms with E-state index in [0.29, 0.717) is 18.1 Å². The van der Waals surface area contributed by atoms with Crippen LogP contribution in [0, 0.1) is 6.92 Å². The summed E-state index contributed by atoms with van der Waals surface area (Å²) in [6.45, 7) is 3.28. The Labute approximate surface area is 282 Å². The molecule has 2 saturated heterocycles. The first kappa shape index (κ1) is 32.3. The number of aromatic nitrogens is 2. The number of fused-ring (bicyclic) bond motifs is 3. The lowest BCUT2D eigenvalue weighted by atomic mass is 9.65. The molecule has 7 rings (SSSR count). The second-order valence-electron chi connectivity index (χ2n) is 14.0. The van der Waals surface area contributed by atoms with Gasteiger partial charge in [-0.1, -0.05) is 54.1 Å². The molecule has 0 spiro atoms. The third-order valence-electron chi connectivity index (χ3n) is 11.2. The maximum atomic E-state index is 13.1. The van der Waals surface area contributed by atoms with Gasteiger partial charge in [-0.25, -0.2) is 18.5 Å². The normalized spacial score (nSPS) is 26.4. The van der Waals surface area contributed by atoms with Crippen molar-refractivity contribution in [3.05, 3.63) is 94.8 Å². The van der Waals surface area contributed by atoms with Gasteiger partial charge in [0.15, 0.2) is 0 Å². The van der Waals surface area contributed by atoms with Crippen LogP contribution >= 0.6 is 11.6 Å². The smallest absolute Gasteiger partial charge is 0.251 e. The van der Waals surface area contributed by atoms with E-state index in [1.165, 1.54) is 55.0 Å². The molecule has 2 atom stereocenters. The Balaban J connectivity index is 0.990. The van der Waals surface area contributed by atoms with Crippen molar-refractivity contribution in [1.82, 2.24) is 19.8 Å². The molecule has 0 radical (unpaired) electrons. The Morgan fingerprint density at radius 1 is 0.957 bits per heavy atom. The van der Waals surface area contributed by atoms with Crippen LogP contribution in [0.2, 0.25) is 5.02 Å². The molecule has 3 aliphatic rings. The number of primary sulfonamides is 1. The van der Waals surface area contributed by atoms with Gasteiger partial charge in [0.1, 0.15) is 10.7 Å². The number of piperidine rings is 1. The van der Waals surface area contributed by atoms with Crippen LogP contribution in [0.15, 0.2) is 77.7 Å². The number of carbonyl (C=O) groups is 1. The summed E-state index contributed by atoms with van der Waals surface area (Å²) in [4.78, 5) is 20.6. The van der Waals surface area contributed by atoms with Crippen LogP contribution in [0.25, 0.3) is 11.0 Å². The predicted molar refractivity (Wildman–Crippen MR) is 186 cm³/mol. The molecule has 2 bridgehead atoms. The molecule has 8 nitrogen and oxygen atoms in total. The van der Waals surface area contributed by atoms with Crippen LogP contribution in [0.5, 0.6) is 0 Å². The first-order chi connectivity index (χ1) is 22.6. The van der Waals surface area contributed by atoms with E-state index in [1.54, 1.807) is 0 Å². The molecular formula is C37H44ClN5O3S. The lowest BCUT2D eigenvalue weighted by Crippen LogP contribution is -2.45. The standard InChI is InChI=1S/C37H44ClN5O3S/c1-25-40-33-10-5-6-11-34(33)43(25)31-23-29-13-14-30(24-31)42(29)21-7-18-37(27-8-3-2-4-9-27)19-16-28(17-20-37)41-36(44)26-12-15-32(38)35(22-26)47(39,45)46/h2-6,8-12,15,22,28-31H,7,13-14,16-21,23-24H2,1H3,(H,41,44)(H2,39,45,46). The number of amides is 1. The molecule has 1 aliphatic carbocycles. The van der Waals surface area contributed by atoms with Crippen molar-refractivity contribution in [3.8, 4) is 0 Å². The lowest BCUT2D eigenvalue weighted by molar-refractivity contribution is 0.0905. The summed E-state index contributed by atoms with van der Waals surface area (Å²) in [7, 11) is -4.03. The van der Waals surface area contributed by atoms with Crippen molar-refractivity contribution < 1.29 is 13.2 Å². The summed E-state index contributed by atoms with van der Waals surface area (Å²) >= 11 is 6.03. The van der Waals surface area contributed by atoms with Crippen LogP contribution in [0.1, 0.15) is 92.0 Å². The third-order valence-corrected chi connectivity index (χ3v) is 12.6. The molecule has 10 heteroatoms. The van der Waals surface area contributed by atoms with E-state index < -0.39 is 10.0 Å². The quantitative estimate of drug-likeness (QED) is 0.201. The van der Waals surface area contributed by atoms with E-state index in [4.69, 9.17) is 21.7 Å². The number of nitrogens with one attached hydrogen (secondary N) is 1. The number of imidazole rings is 1. The van der Waals surface area contributed by atoms with Crippen molar-refractivity contribution in [3.63, 3.8) is 0 Å². The Bertz CT molecular complexity index is 1860. The average molecular weight is 674 g/mol. The number of hydrogen-bond donors (Lipinski definition) is 2. The predicted octanol–water partition coefficient (Wildman–Crippen LogP) is 6.90. The maximum absolute atomic E-state index is 13.1. The Hall–Kier alpha value is -3.24. The molecule has 1 saturated carbocycles. The van der Waals surface area contributed by atoms with Crippen molar-refractivity contribution in [1.29, 1.82) is 0 Å². The van der Waals surface area contributed by atoms with Crippen LogP contribution in [0.4, 0.5) is 0 Å². The van der Waals surface area contributed by atoms with Gasteiger partial charge in [-0.05, 0) is 119 Å². The van der Waals surface area contributed by atoms with Gasteiger partial charge >= 0.3 is 0 Å². The maximum Gasteiger partial charge on any atom is 0.251 e. The van der Waals surface area contributed by atoms with Gasteiger partial charge in [-0.15, -0.1) is 0 Å². The minimum atomic E-state index is -4.03. The third kappa shape index (κ3) is 6.47. The fraction of sp³-hybridized carbons (Fsp3) is 0.459. The lowest BCUT2D eigenvalue weighted by Gasteiger charge is -2.43. The Morgan fingerprint density at radius 3 is 2.34 bits per heavy atom. The molecule has 47 heavy (non-hydrogen) atoms. The van der Waals surface area contributed by atoms with Crippen LogP contribution in [0.3, 0.4) is 0 Å². The number of halogens is 1. The molecule has 2 aliphatic heterocycles. The first-order valence-corrected chi connectivity index (χ1v) is 18.9. The minimum absolute atomic E-state index is 0.00801. The summed E-state index contributed by atoms with van der Waals surface area (Å²) < 4.78 is 26.4. The number of sulfonamides is 1. The zero-order valence-corrected chi connectivity index (χ0v) is 28.5. The number of nitrogens with zero attached hydrogens (tertiary/aromatic N) is 3. The number of benzene rings is 3. The topological polar surface area (TPSA) is 110 Å². The van der Waals surface area contributed by atoms with Gasteiger partial charge in [0.25, 0.3) is 5.91 Å². The average Bonchev–Trinajstić information content (AvgIpc) is 3.51. The molecule has 1 amide bonds.